The summed E-state index contributed by atoms with van der Waals surface area (Å²) in [4.78, 5) is 20.6. The minimum Gasteiger partial charge on any atom is -0.493 e. The van der Waals surface area contributed by atoms with Gasteiger partial charge in [-0.3, -0.25) is 14.7 Å². The van der Waals surface area contributed by atoms with Crippen LogP contribution in [0.15, 0.2) is 48.8 Å². The van der Waals surface area contributed by atoms with Gasteiger partial charge in [0.25, 0.3) is 0 Å². The van der Waals surface area contributed by atoms with Crippen LogP contribution in [0, 0.1) is 0 Å². The van der Waals surface area contributed by atoms with Gasteiger partial charge in [-0.25, -0.2) is 0 Å². The molecule has 2 heterocycles. The maximum Gasteiger partial charge on any atom is 0.236 e. The van der Waals surface area contributed by atoms with E-state index in [1.165, 1.54) is 0 Å². The highest BCUT2D eigenvalue weighted by atomic mass is 16.5. The molecule has 1 aliphatic rings. The maximum atomic E-state index is 12.6. The van der Waals surface area contributed by atoms with Crippen molar-refractivity contribution in [1.82, 2.24) is 14.8 Å². The SMILES string of the molecule is COc1ccccc1OC1CCN(C(=O)CN(C)Cc2cccnc2)CC1. The minimum atomic E-state index is 0.110. The monoisotopic (exact) mass is 369 g/mol. The summed E-state index contributed by atoms with van der Waals surface area (Å²) in [6.07, 6.45) is 5.36. The van der Waals surface area contributed by atoms with Gasteiger partial charge in [0.1, 0.15) is 6.10 Å². The molecule has 3 rings (SSSR count). The summed E-state index contributed by atoms with van der Waals surface area (Å²) in [5, 5.41) is 0. The van der Waals surface area contributed by atoms with E-state index in [1.807, 2.05) is 59.4 Å². The largest absolute Gasteiger partial charge is 0.493 e. The van der Waals surface area contributed by atoms with E-state index < -0.39 is 0 Å². The summed E-state index contributed by atoms with van der Waals surface area (Å²) in [7, 11) is 3.61. The second-order valence-electron chi connectivity index (χ2n) is 6.88. The smallest absolute Gasteiger partial charge is 0.236 e. The normalized spacial score (nSPS) is 15.0. The van der Waals surface area contributed by atoms with Crippen LogP contribution in [0.1, 0.15) is 18.4 Å². The Kier molecular flexibility index (Phi) is 6.65. The Labute approximate surface area is 160 Å². The second-order valence-corrected chi connectivity index (χ2v) is 6.88. The predicted molar refractivity (Wildman–Crippen MR) is 104 cm³/mol. The quantitative estimate of drug-likeness (QED) is 0.751. The van der Waals surface area contributed by atoms with Crippen molar-refractivity contribution in [3.05, 3.63) is 54.4 Å². The van der Waals surface area contributed by atoms with Crippen LogP contribution in [0.5, 0.6) is 11.5 Å². The Morgan fingerprint density at radius 3 is 2.59 bits per heavy atom. The number of benzene rings is 1. The zero-order chi connectivity index (χ0) is 19.1. The molecule has 0 aliphatic carbocycles. The summed E-state index contributed by atoms with van der Waals surface area (Å²) >= 11 is 0. The van der Waals surface area contributed by atoms with Gasteiger partial charge in [0.2, 0.25) is 5.91 Å². The number of hydrogen-bond donors (Lipinski definition) is 0. The number of para-hydroxylation sites is 2. The second kappa shape index (κ2) is 9.37. The molecule has 2 aromatic rings. The first kappa shape index (κ1) is 19.2. The van der Waals surface area contributed by atoms with Crippen LogP contribution in [-0.4, -0.2) is 60.6 Å². The zero-order valence-corrected chi connectivity index (χ0v) is 16.0. The van der Waals surface area contributed by atoms with Crippen molar-refractivity contribution < 1.29 is 14.3 Å². The molecule has 0 saturated carbocycles. The van der Waals surface area contributed by atoms with Gasteiger partial charge >= 0.3 is 0 Å². The summed E-state index contributed by atoms with van der Waals surface area (Å²) in [6.45, 7) is 2.57. The summed E-state index contributed by atoms with van der Waals surface area (Å²) in [6, 6.07) is 11.6. The molecule has 0 unspecified atom stereocenters. The zero-order valence-electron chi connectivity index (χ0n) is 16.0. The molecule has 6 nitrogen and oxygen atoms in total. The number of likely N-dealkylation sites (tertiary alicyclic amines) is 1. The first-order valence-electron chi connectivity index (χ1n) is 9.30. The average molecular weight is 369 g/mol. The van der Waals surface area contributed by atoms with Gasteiger partial charge in [0.05, 0.1) is 13.7 Å². The lowest BCUT2D eigenvalue weighted by Crippen LogP contribution is -2.45. The van der Waals surface area contributed by atoms with E-state index in [0.717, 1.165) is 43.0 Å². The van der Waals surface area contributed by atoms with Crippen molar-refractivity contribution in [3.63, 3.8) is 0 Å². The summed E-state index contributed by atoms with van der Waals surface area (Å²) < 4.78 is 11.4. The molecule has 1 aromatic heterocycles. The Balaban J connectivity index is 1.45. The van der Waals surface area contributed by atoms with Crippen LogP contribution < -0.4 is 9.47 Å². The summed E-state index contributed by atoms with van der Waals surface area (Å²) in [5.41, 5.74) is 1.11. The van der Waals surface area contributed by atoms with Gasteiger partial charge < -0.3 is 14.4 Å². The molecule has 1 saturated heterocycles. The molecule has 0 N–H and O–H groups in total. The third-order valence-corrected chi connectivity index (χ3v) is 4.74. The number of carbonyl (C=O) groups is 1. The van der Waals surface area contributed by atoms with Crippen molar-refractivity contribution in [3.8, 4) is 11.5 Å². The van der Waals surface area contributed by atoms with Gasteiger partial charge in [0, 0.05) is 44.9 Å². The van der Waals surface area contributed by atoms with E-state index in [4.69, 9.17) is 9.47 Å². The maximum absolute atomic E-state index is 12.6. The molecule has 1 fully saturated rings. The fourth-order valence-electron chi connectivity index (χ4n) is 3.31. The van der Waals surface area contributed by atoms with Crippen LogP contribution in [0.25, 0.3) is 0 Å². The fourth-order valence-corrected chi connectivity index (χ4v) is 3.31. The number of methoxy groups -OCH3 is 1. The van der Waals surface area contributed by atoms with Crippen LogP contribution >= 0.6 is 0 Å². The molecule has 0 atom stereocenters. The van der Waals surface area contributed by atoms with Crippen LogP contribution in [0.4, 0.5) is 0 Å². The number of ether oxygens (including phenoxy) is 2. The number of nitrogens with zero attached hydrogens (tertiary/aromatic N) is 3. The third-order valence-electron chi connectivity index (χ3n) is 4.74. The van der Waals surface area contributed by atoms with E-state index >= 15 is 0 Å². The van der Waals surface area contributed by atoms with Gasteiger partial charge in [-0.2, -0.15) is 0 Å². The Hall–Kier alpha value is -2.60. The number of piperidine rings is 1. The topological polar surface area (TPSA) is 54.9 Å². The van der Waals surface area contributed by atoms with Crippen LogP contribution in [0.3, 0.4) is 0 Å². The lowest BCUT2D eigenvalue weighted by atomic mass is 10.1. The minimum absolute atomic E-state index is 0.110. The number of aromatic nitrogens is 1. The highest BCUT2D eigenvalue weighted by Gasteiger charge is 2.25. The molecule has 1 aromatic carbocycles. The molecule has 27 heavy (non-hydrogen) atoms. The molecule has 1 amide bonds. The number of hydrogen-bond acceptors (Lipinski definition) is 5. The number of rotatable bonds is 7. The molecule has 0 radical (unpaired) electrons. The molecular formula is C21H27N3O3. The molecule has 6 heteroatoms. The predicted octanol–water partition coefficient (Wildman–Crippen LogP) is 2.59. The highest BCUT2D eigenvalue weighted by molar-refractivity contribution is 5.78. The van der Waals surface area contributed by atoms with E-state index in [1.54, 1.807) is 13.3 Å². The standard InChI is InChI=1S/C21H27N3O3/c1-23(15-17-6-5-11-22-14-17)16-21(25)24-12-9-18(10-13-24)27-20-8-4-3-7-19(20)26-2/h3-8,11,14,18H,9-10,12-13,15-16H2,1-2H3. The Morgan fingerprint density at radius 1 is 1.19 bits per heavy atom. The van der Waals surface area contributed by atoms with Gasteiger partial charge in [-0.05, 0) is 30.8 Å². The highest BCUT2D eigenvalue weighted by Crippen LogP contribution is 2.28. The van der Waals surface area contributed by atoms with E-state index in [-0.39, 0.29) is 12.0 Å². The third kappa shape index (κ3) is 5.44. The van der Waals surface area contributed by atoms with Crippen molar-refractivity contribution >= 4 is 5.91 Å². The van der Waals surface area contributed by atoms with E-state index in [9.17, 15) is 4.79 Å². The van der Waals surface area contributed by atoms with Gasteiger partial charge in [-0.15, -0.1) is 0 Å². The first-order chi connectivity index (χ1) is 13.2. The number of likely N-dealkylation sites (N-methyl/N-ethyl adjacent to an activating group) is 1. The van der Waals surface area contributed by atoms with Crippen molar-refractivity contribution in [2.45, 2.75) is 25.5 Å². The number of amides is 1. The molecular weight excluding hydrogens is 342 g/mol. The summed E-state index contributed by atoms with van der Waals surface area (Å²) in [5.74, 6) is 1.67. The Morgan fingerprint density at radius 2 is 1.93 bits per heavy atom. The van der Waals surface area contributed by atoms with Crippen LogP contribution in [0.2, 0.25) is 0 Å². The first-order valence-corrected chi connectivity index (χ1v) is 9.30. The lowest BCUT2D eigenvalue weighted by Gasteiger charge is -2.33. The van der Waals surface area contributed by atoms with Crippen molar-refractivity contribution in [2.75, 3.05) is 33.8 Å². The van der Waals surface area contributed by atoms with Crippen molar-refractivity contribution in [1.29, 1.82) is 0 Å². The average Bonchev–Trinajstić information content (AvgIpc) is 2.69. The van der Waals surface area contributed by atoms with Gasteiger partial charge in [-0.1, -0.05) is 18.2 Å². The van der Waals surface area contributed by atoms with Gasteiger partial charge in [0.15, 0.2) is 11.5 Å². The molecule has 0 spiro atoms. The van der Waals surface area contributed by atoms with E-state index in [0.29, 0.717) is 13.1 Å². The number of pyridine rings is 1. The molecule has 1 aliphatic heterocycles. The molecule has 144 valence electrons. The van der Waals surface area contributed by atoms with Crippen LogP contribution in [-0.2, 0) is 11.3 Å². The van der Waals surface area contributed by atoms with E-state index in [2.05, 4.69) is 4.98 Å². The fraction of sp³-hybridized carbons (Fsp3) is 0.429. The Bertz CT molecular complexity index is 730. The van der Waals surface area contributed by atoms with Crippen molar-refractivity contribution in [2.24, 2.45) is 0 Å². The number of carbonyl (C=O) groups excluding carboxylic acids is 1. The molecule has 0 bridgehead atoms. The lowest BCUT2D eigenvalue weighted by molar-refractivity contribution is -0.134.